The summed E-state index contributed by atoms with van der Waals surface area (Å²) >= 11 is 1.19. The smallest absolute Gasteiger partial charge is 0.347 e. The molecular formula is C14H13N3O2S. The molecule has 0 radical (unpaired) electrons. The van der Waals surface area contributed by atoms with Gasteiger partial charge in [-0.15, -0.1) is 11.3 Å². The second-order valence-electron chi connectivity index (χ2n) is 4.44. The molecule has 3 rings (SSSR count). The predicted molar refractivity (Wildman–Crippen MR) is 77.3 cm³/mol. The molecule has 0 aromatic carbocycles. The number of carboxylic acid groups (broad SMARTS) is 1. The van der Waals surface area contributed by atoms with Crippen molar-refractivity contribution in [2.75, 3.05) is 0 Å². The predicted octanol–water partition coefficient (Wildman–Crippen LogP) is 3.11. The zero-order valence-corrected chi connectivity index (χ0v) is 11.7. The van der Waals surface area contributed by atoms with Crippen molar-refractivity contribution < 1.29 is 9.90 Å². The number of aromatic carboxylic acids is 1. The van der Waals surface area contributed by atoms with Crippen LogP contribution in [0.15, 0.2) is 30.6 Å². The van der Waals surface area contributed by atoms with Gasteiger partial charge in [0.1, 0.15) is 21.2 Å². The molecule has 0 unspecified atom stereocenters. The van der Waals surface area contributed by atoms with Gasteiger partial charge in [0.15, 0.2) is 0 Å². The molecule has 0 spiro atoms. The quantitative estimate of drug-likeness (QED) is 0.800. The van der Waals surface area contributed by atoms with Gasteiger partial charge in [-0.25, -0.2) is 14.8 Å². The molecule has 0 fully saturated rings. The molecule has 5 nitrogen and oxygen atoms in total. The van der Waals surface area contributed by atoms with Gasteiger partial charge in [0.05, 0.1) is 5.69 Å². The van der Waals surface area contributed by atoms with Crippen molar-refractivity contribution >= 4 is 23.0 Å². The van der Waals surface area contributed by atoms with Crippen molar-refractivity contribution in [3.63, 3.8) is 0 Å². The van der Waals surface area contributed by atoms with Gasteiger partial charge in [-0.3, -0.25) is 0 Å². The Kier molecular flexibility index (Phi) is 3.23. The minimum atomic E-state index is -0.916. The van der Waals surface area contributed by atoms with Crippen LogP contribution < -0.4 is 0 Å². The maximum atomic E-state index is 11.3. The van der Waals surface area contributed by atoms with E-state index in [9.17, 15) is 9.90 Å². The topological polar surface area (TPSA) is 67.5 Å². The van der Waals surface area contributed by atoms with Crippen LogP contribution in [0, 0.1) is 0 Å². The number of aryl methyl sites for hydroxylation is 1. The average molecular weight is 287 g/mol. The van der Waals surface area contributed by atoms with E-state index in [-0.39, 0.29) is 0 Å². The standard InChI is InChI=1S/C14H13N3O2S/c1-2-5-9-12(14(18)19)20-13(16-9)10-8-17-7-4-3-6-11(17)15-10/h3-4,6-8H,2,5H2,1H3,(H,18,19). The maximum Gasteiger partial charge on any atom is 0.347 e. The number of hydrogen-bond acceptors (Lipinski definition) is 4. The van der Waals surface area contributed by atoms with E-state index >= 15 is 0 Å². The third kappa shape index (κ3) is 2.18. The van der Waals surface area contributed by atoms with Crippen LogP contribution in [0.1, 0.15) is 28.7 Å². The molecule has 20 heavy (non-hydrogen) atoms. The highest BCUT2D eigenvalue weighted by Gasteiger charge is 2.18. The average Bonchev–Trinajstić information content (AvgIpc) is 3.02. The minimum absolute atomic E-state index is 0.318. The number of imidazole rings is 1. The maximum absolute atomic E-state index is 11.3. The van der Waals surface area contributed by atoms with Crippen molar-refractivity contribution in [3.8, 4) is 10.7 Å². The fraction of sp³-hybridized carbons (Fsp3) is 0.214. The lowest BCUT2D eigenvalue weighted by molar-refractivity contribution is 0.0700. The molecule has 3 aromatic heterocycles. The van der Waals surface area contributed by atoms with E-state index in [0.29, 0.717) is 27.7 Å². The summed E-state index contributed by atoms with van der Waals surface area (Å²) in [5.41, 5.74) is 2.19. The van der Waals surface area contributed by atoms with Gasteiger partial charge in [0, 0.05) is 12.4 Å². The van der Waals surface area contributed by atoms with Gasteiger partial charge < -0.3 is 9.51 Å². The molecule has 0 bridgehead atoms. The number of fused-ring (bicyclic) bond motifs is 1. The lowest BCUT2D eigenvalue weighted by Gasteiger charge is -1.92. The molecule has 6 heteroatoms. The Bertz CT molecular complexity index is 743. The van der Waals surface area contributed by atoms with E-state index in [2.05, 4.69) is 9.97 Å². The van der Waals surface area contributed by atoms with Crippen LogP contribution in [0.2, 0.25) is 0 Å². The fourth-order valence-electron chi connectivity index (χ4n) is 2.07. The van der Waals surface area contributed by atoms with E-state index in [0.717, 1.165) is 12.1 Å². The van der Waals surface area contributed by atoms with Crippen LogP contribution >= 0.6 is 11.3 Å². The van der Waals surface area contributed by atoms with Crippen LogP contribution in [0.4, 0.5) is 0 Å². The fourth-order valence-corrected chi connectivity index (χ4v) is 2.98. The molecule has 0 amide bonds. The third-order valence-electron chi connectivity index (χ3n) is 2.96. The summed E-state index contributed by atoms with van der Waals surface area (Å²) in [5.74, 6) is -0.916. The summed E-state index contributed by atoms with van der Waals surface area (Å²) in [6.45, 7) is 2.01. The molecule has 0 aliphatic rings. The van der Waals surface area contributed by atoms with Crippen molar-refractivity contribution in [1.82, 2.24) is 14.4 Å². The van der Waals surface area contributed by atoms with Crippen molar-refractivity contribution in [3.05, 3.63) is 41.2 Å². The van der Waals surface area contributed by atoms with Gasteiger partial charge in [0.2, 0.25) is 0 Å². The second kappa shape index (κ2) is 5.05. The molecule has 0 saturated carbocycles. The second-order valence-corrected chi connectivity index (χ2v) is 5.44. The number of carboxylic acids is 1. The summed E-state index contributed by atoms with van der Waals surface area (Å²) in [6, 6.07) is 5.74. The molecule has 0 atom stereocenters. The van der Waals surface area contributed by atoms with Gasteiger partial charge in [-0.1, -0.05) is 19.4 Å². The van der Waals surface area contributed by atoms with Crippen molar-refractivity contribution in [1.29, 1.82) is 0 Å². The highest BCUT2D eigenvalue weighted by atomic mass is 32.1. The van der Waals surface area contributed by atoms with Crippen LogP contribution in [0.3, 0.4) is 0 Å². The first-order chi connectivity index (χ1) is 9.69. The lowest BCUT2D eigenvalue weighted by Crippen LogP contribution is -1.98. The Morgan fingerprint density at radius 3 is 2.95 bits per heavy atom. The number of thiazole rings is 1. The van der Waals surface area contributed by atoms with Gasteiger partial charge in [-0.2, -0.15) is 0 Å². The zero-order valence-electron chi connectivity index (χ0n) is 10.9. The summed E-state index contributed by atoms with van der Waals surface area (Å²) in [6.07, 6.45) is 5.32. The molecular weight excluding hydrogens is 274 g/mol. The first-order valence-corrected chi connectivity index (χ1v) is 7.17. The number of rotatable bonds is 4. The van der Waals surface area contributed by atoms with Gasteiger partial charge in [-0.05, 0) is 18.6 Å². The van der Waals surface area contributed by atoms with Crippen molar-refractivity contribution in [2.45, 2.75) is 19.8 Å². The first kappa shape index (κ1) is 12.8. The Labute approximate surface area is 119 Å². The molecule has 0 saturated heterocycles. The highest BCUT2D eigenvalue weighted by molar-refractivity contribution is 7.17. The van der Waals surface area contributed by atoms with Gasteiger partial charge >= 0.3 is 5.97 Å². The lowest BCUT2D eigenvalue weighted by atomic mass is 10.2. The molecule has 0 aliphatic heterocycles. The number of nitrogens with zero attached hydrogens (tertiary/aromatic N) is 3. The number of carbonyl (C=O) groups is 1. The highest BCUT2D eigenvalue weighted by Crippen LogP contribution is 2.28. The van der Waals surface area contributed by atoms with Crippen LogP contribution in [-0.4, -0.2) is 25.4 Å². The molecule has 3 heterocycles. The Hall–Kier alpha value is -2.21. The summed E-state index contributed by atoms with van der Waals surface area (Å²) in [5, 5.41) is 9.90. The monoisotopic (exact) mass is 287 g/mol. The van der Waals surface area contributed by atoms with Crippen molar-refractivity contribution in [2.24, 2.45) is 0 Å². The van der Waals surface area contributed by atoms with E-state index in [1.54, 1.807) is 0 Å². The minimum Gasteiger partial charge on any atom is -0.477 e. The Morgan fingerprint density at radius 2 is 2.25 bits per heavy atom. The summed E-state index contributed by atoms with van der Waals surface area (Å²) < 4.78 is 1.90. The summed E-state index contributed by atoms with van der Waals surface area (Å²) in [7, 11) is 0. The Morgan fingerprint density at radius 1 is 1.40 bits per heavy atom. The largest absolute Gasteiger partial charge is 0.477 e. The van der Waals surface area contributed by atoms with E-state index in [1.165, 1.54) is 11.3 Å². The third-order valence-corrected chi connectivity index (χ3v) is 4.07. The van der Waals surface area contributed by atoms with Crippen LogP contribution in [0.5, 0.6) is 0 Å². The van der Waals surface area contributed by atoms with Crippen LogP contribution in [0.25, 0.3) is 16.3 Å². The molecule has 1 N–H and O–H groups in total. The molecule has 102 valence electrons. The number of hydrogen-bond donors (Lipinski definition) is 1. The van der Waals surface area contributed by atoms with E-state index in [4.69, 9.17) is 0 Å². The Balaban J connectivity index is 2.09. The zero-order chi connectivity index (χ0) is 14.1. The van der Waals surface area contributed by atoms with Crippen LogP contribution in [-0.2, 0) is 6.42 Å². The molecule has 3 aromatic rings. The molecule has 0 aliphatic carbocycles. The van der Waals surface area contributed by atoms with E-state index < -0.39 is 5.97 Å². The van der Waals surface area contributed by atoms with Gasteiger partial charge in [0.25, 0.3) is 0 Å². The SMILES string of the molecule is CCCc1nc(-c2cn3ccccc3n2)sc1C(=O)O. The normalized spacial score (nSPS) is 11.1. The van der Waals surface area contributed by atoms with E-state index in [1.807, 2.05) is 41.9 Å². The summed E-state index contributed by atoms with van der Waals surface area (Å²) in [4.78, 5) is 20.5. The number of pyridine rings is 1. The first-order valence-electron chi connectivity index (χ1n) is 6.36. The number of aromatic nitrogens is 3.